The average molecular weight is 290 g/mol. The topological polar surface area (TPSA) is 58.7 Å². The molecule has 1 atom stereocenters. The SMILES string of the molecule is Cc1cc(Cl)c(N2N=CC(=S=O)C2N)c(Cl)c1. The highest BCUT2D eigenvalue weighted by atomic mass is 35.5. The number of hydrogen-bond donors (Lipinski definition) is 1. The Morgan fingerprint density at radius 2 is 2.00 bits per heavy atom. The quantitative estimate of drug-likeness (QED) is 0.802. The van der Waals surface area contributed by atoms with Crippen molar-refractivity contribution >= 4 is 51.2 Å². The minimum Gasteiger partial charge on any atom is -0.305 e. The van der Waals surface area contributed by atoms with Crippen LogP contribution in [0.3, 0.4) is 0 Å². The molecule has 4 nitrogen and oxygen atoms in total. The summed E-state index contributed by atoms with van der Waals surface area (Å²) in [6.07, 6.45) is 0.796. The van der Waals surface area contributed by atoms with E-state index in [2.05, 4.69) is 5.10 Å². The zero-order chi connectivity index (χ0) is 12.6. The van der Waals surface area contributed by atoms with Crippen molar-refractivity contribution in [1.29, 1.82) is 0 Å². The molecule has 90 valence electrons. The Hall–Kier alpha value is -0.880. The van der Waals surface area contributed by atoms with E-state index in [1.807, 2.05) is 6.92 Å². The van der Waals surface area contributed by atoms with Crippen LogP contribution < -0.4 is 10.7 Å². The predicted octanol–water partition coefficient (Wildman–Crippen LogP) is 1.78. The molecule has 0 saturated heterocycles. The van der Waals surface area contributed by atoms with Gasteiger partial charge < -0.3 is 5.73 Å². The average Bonchev–Trinajstić information content (AvgIpc) is 2.59. The number of anilines is 1. The van der Waals surface area contributed by atoms with Gasteiger partial charge in [0.05, 0.1) is 33.2 Å². The molecule has 7 heteroatoms. The molecule has 0 radical (unpaired) electrons. The van der Waals surface area contributed by atoms with Gasteiger partial charge in [-0.2, -0.15) is 5.10 Å². The van der Waals surface area contributed by atoms with E-state index in [1.54, 1.807) is 12.1 Å². The first-order chi connectivity index (χ1) is 8.04. The number of hydrogen-bond acceptors (Lipinski definition) is 4. The maximum absolute atomic E-state index is 10.8. The lowest BCUT2D eigenvalue weighted by atomic mass is 10.2. The zero-order valence-electron chi connectivity index (χ0n) is 8.85. The highest BCUT2D eigenvalue weighted by Crippen LogP contribution is 2.36. The molecule has 1 aromatic rings. The van der Waals surface area contributed by atoms with Gasteiger partial charge in [0.1, 0.15) is 11.0 Å². The summed E-state index contributed by atoms with van der Waals surface area (Å²) in [5, 5.41) is 6.41. The van der Waals surface area contributed by atoms with Crippen LogP contribution in [-0.2, 0) is 11.3 Å². The molecule has 1 heterocycles. The van der Waals surface area contributed by atoms with Crippen LogP contribution in [0, 0.1) is 6.92 Å². The van der Waals surface area contributed by atoms with Crippen molar-refractivity contribution in [2.45, 2.75) is 13.1 Å². The second-order valence-corrected chi connectivity index (χ2v) is 5.05. The molecule has 0 saturated carbocycles. The summed E-state index contributed by atoms with van der Waals surface area (Å²) >= 11 is 12.6. The molecule has 2 rings (SSSR count). The van der Waals surface area contributed by atoms with E-state index in [9.17, 15) is 4.21 Å². The zero-order valence-corrected chi connectivity index (χ0v) is 11.2. The van der Waals surface area contributed by atoms with Crippen LogP contribution >= 0.6 is 23.2 Å². The molecule has 1 aromatic carbocycles. The van der Waals surface area contributed by atoms with Crippen molar-refractivity contribution in [1.82, 2.24) is 0 Å². The van der Waals surface area contributed by atoms with Gasteiger partial charge in [-0.25, -0.2) is 9.22 Å². The van der Waals surface area contributed by atoms with Crippen molar-refractivity contribution in [2.75, 3.05) is 5.01 Å². The number of rotatable bonds is 1. The van der Waals surface area contributed by atoms with Crippen molar-refractivity contribution < 1.29 is 4.21 Å². The number of benzene rings is 1. The van der Waals surface area contributed by atoms with Crippen LogP contribution in [0.1, 0.15) is 5.56 Å². The maximum Gasteiger partial charge on any atom is 0.139 e. The van der Waals surface area contributed by atoms with Crippen molar-refractivity contribution in [2.24, 2.45) is 10.8 Å². The third kappa shape index (κ3) is 2.24. The fourth-order valence-electron chi connectivity index (χ4n) is 1.57. The standard InChI is InChI=1S/C10H9Cl2N3OS/c1-5-2-6(11)9(7(12)3-5)15-10(13)8(17-16)4-14-15/h2-4,10H,13H2,1H3. The number of nitrogens with zero attached hydrogens (tertiary/aromatic N) is 2. The molecular formula is C10H9Cl2N3OS. The predicted molar refractivity (Wildman–Crippen MR) is 73.3 cm³/mol. The molecule has 0 fully saturated rings. The molecule has 0 spiro atoms. The van der Waals surface area contributed by atoms with Crippen LogP contribution in [0.25, 0.3) is 0 Å². The van der Waals surface area contributed by atoms with Gasteiger partial charge in [0.15, 0.2) is 0 Å². The van der Waals surface area contributed by atoms with Crippen molar-refractivity contribution in [3.8, 4) is 0 Å². The van der Waals surface area contributed by atoms with Gasteiger partial charge in [-0.3, -0.25) is 0 Å². The highest BCUT2D eigenvalue weighted by molar-refractivity contribution is 7.68. The first-order valence-corrected chi connectivity index (χ1v) is 6.25. The van der Waals surface area contributed by atoms with Gasteiger partial charge in [-0.1, -0.05) is 23.2 Å². The molecule has 17 heavy (non-hydrogen) atoms. The summed E-state index contributed by atoms with van der Waals surface area (Å²) < 4.78 is 10.8. The van der Waals surface area contributed by atoms with Gasteiger partial charge in [-0.15, -0.1) is 0 Å². The Kier molecular flexibility index (Phi) is 3.53. The van der Waals surface area contributed by atoms with Crippen LogP contribution in [0.2, 0.25) is 10.0 Å². The Labute approximate surface area is 112 Å². The van der Waals surface area contributed by atoms with E-state index in [-0.39, 0.29) is 0 Å². The van der Waals surface area contributed by atoms with Crippen molar-refractivity contribution in [3.05, 3.63) is 27.7 Å². The van der Waals surface area contributed by atoms with Crippen LogP contribution in [0.5, 0.6) is 0 Å². The molecule has 1 aliphatic rings. The third-order valence-corrected chi connectivity index (χ3v) is 3.47. The molecule has 0 bridgehead atoms. The van der Waals surface area contributed by atoms with Gasteiger partial charge >= 0.3 is 0 Å². The first kappa shape index (κ1) is 12.6. The van der Waals surface area contributed by atoms with E-state index in [4.69, 9.17) is 28.9 Å². The van der Waals surface area contributed by atoms with E-state index >= 15 is 0 Å². The molecular weight excluding hydrogens is 281 g/mol. The van der Waals surface area contributed by atoms with Gasteiger partial charge in [-0.05, 0) is 24.6 Å². The maximum atomic E-state index is 10.8. The molecule has 2 N–H and O–H groups in total. The summed E-state index contributed by atoms with van der Waals surface area (Å²) in [6, 6.07) is 3.54. The summed E-state index contributed by atoms with van der Waals surface area (Å²) in [5.74, 6) is 0. The Morgan fingerprint density at radius 3 is 2.47 bits per heavy atom. The Morgan fingerprint density at radius 1 is 1.41 bits per heavy atom. The minimum atomic E-state index is -0.629. The summed E-state index contributed by atoms with van der Waals surface area (Å²) in [4.78, 5) is 0.428. The van der Waals surface area contributed by atoms with Crippen LogP contribution in [0.4, 0.5) is 5.69 Å². The van der Waals surface area contributed by atoms with Gasteiger partial charge in [0.25, 0.3) is 0 Å². The second kappa shape index (κ2) is 4.78. The second-order valence-electron chi connectivity index (χ2n) is 3.60. The van der Waals surface area contributed by atoms with Crippen molar-refractivity contribution in [3.63, 3.8) is 0 Å². The molecule has 0 amide bonds. The minimum absolute atomic E-state index is 0.318. The fraction of sp³-hybridized carbons (Fsp3) is 0.200. The number of halogens is 2. The van der Waals surface area contributed by atoms with Gasteiger partial charge in [0.2, 0.25) is 0 Å². The lowest BCUT2D eigenvalue weighted by Crippen LogP contribution is -2.41. The van der Waals surface area contributed by atoms with E-state index in [1.165, 1.54) is 11.2 Å². The normalized spacial score (nSPS) is 18.9. The monoisotopic (exact) mass is 289 g/mol. The smallest absolute Gasteiger partial charge is 0.139 e. The van der Waals surface area contributed by atoms with Crippen LogP contribution in [-0.4, -0.2) is 21.5 Å². The first-order valence-electron chi connectivity index (χ1n) is 4.75. The van der Waals surface area contributed by atoms with Gasteiger partial charge in [0, 0.05) is 0 Å². The summed E-state index contributed by atoms with van der Waals surface area (Å²) in [7, 11) is 0. The summed E-state index contributed by atoms with van der Waals surface area (Å²) in [6.45, 7) is 1.89. The highest BCUT2D eigenvalue weighted by Gasteiger charge is 2.27. The third-order valence-electron chi connectivity index (χ3n) is 2.35. The Balaban J connectivity index is 2.50. The molecule has 1 unspecified atom stereocenters. The molecule has 0 aliphatic carbocycles. The lowest BCUT2D eigenvalue weighted by molar-refractivity contribution is 0.700. The van der Waals surface area contributed by atoms with E-state index in [0.717, 1.165) is 5.56 Å². The number of nitrogens with two attached hydrogens (primary N) is 1. The fourth-order valence-corrected chi connectivity index (χ4v) is 2.62. The number of aryl methyl sites for hydroxylation is 1. The Bertz CT molecular complexity index is 531. The van der Waals surface area contributed by atoms with E-state index in [0.29, 0.717) is 31.9 Å². The van der Waals surface area contributed by atoms with Crippen LogP contribution in [0.15, 0.2) is 17.2 Å². The summed E-state index contributed by atoms with van der Waals surface area (Å²) in [5.41, 5.74) is 7.33. The molecule has 0 aromatic heterocycles. The lowest BCUT2D eigenvalue weighted by Gasteiger charge is -2.22. The van der Waals surface area contributed by atoms with E-state index < -0.39 is 6.17 Å². The number of hydrazone groups is 1. The molecule has 1 aliphatic heterocycles. The largest absolute Gasteiger partial charge is 0.305 e.